The molecule has 1 aliphatic rings. The summed E-state index contributed by atoms with van der Waals surface area (Å²) in [6, 6.07) is 0. The van der Waals surface area contributed by atoms with Crippen LogP contribution >= 0.6 is 7.75 Å². The summed E-state index contributed by atoms with van der Waals surface area (Å²) in [5.74, 6) is 0.379. The van der Waals surface area contributed by atoms with Crippen LogP contribution in [0.2, 0.25) is 0 Å². The summed E-state index contributed by atoms with van der Waals surface area (Å²) >= 11 is 0. The van der Waals surface area contributed by atoms with E-state index >= 15 is 0 Å². The van der Waals surface area contributed by atoms with Crippen molar-refractivity contribution in [1.82, 2.24) is 5.09 Å². The van der Waals surface area contributed by atoms with Crippen LogP contribution in [0.4, 0.5) is 0 Å². The van der Waals surface area contributed by atoms with Gasteiger partial charge in [0, 0.05) is 19.6 Å². The van der Waals surface area contributed by atoms with Crippen LogP contribution in [0.25, 0.3) is 0 Å². The zero-order valence-corrected chi connectivity index (χ0v) is 9.56. The van der Waals surface area contributed by atoms with Crippen LogP contribution in [-0.2, 0) is 13.6 Å². The second kappa shape index (κ2) is 3.70. The molecule has 78 valence electrons. The number of hydrogen-bond donors (Lipinski definition) is 1. The highest BCUT2D eigenvalue weighted by Gasteiger charge is 2.35. The van der Waals surface area contributed by atoms with Gasteiger partial charge in [-0.25, -0.2) is 9.65 Å². The maximum Gasteiger partial charge on any atom is 0.405 e. The van der Waals surface area contributed by atoms with E-state index < -0.39 is 7.75 Å². The first-order valence-corrected chi connectivity index (χ1v) is 5.97. The van der Waals surface area contributed by atoms with Gasteiger partial charge in [-0.3, -0.25) is 4.52 Å². The third-order valence-electron chi connectivity index (χ3n) is 2.44. The Morgan fingerprint density at radius 1 is 1.54 bits per heavy atom. The first-order valence-electron chi connectivity index (χ1n) is 4.43. The fraction of sp³-hybridized carbons (Fsp3) is 1.00. The molecule has 1 fully saturated rings. The van der Waals surface area contributed by atoms with Crippen LogP contribution in [0.5, 0.6) is 0 Å². The summed E-state index contributed by atoms with van der Waals surface area (Å²) in [7, 11) is -1.56. The zero-order valence-electron chi connectivity index (χ0n) is 8.66. The first kappa shape index (κ1) is 11.2. The lowest BCUT2D eigenvalue weighted by Gasteiger charge is -2.36. The largest absolute Gasteiger partial charge is 0.405 e. The van der Waals surface area contributed by atoms with E-state index in [2.05, 4.69) is 25.9 Å². The third kappa shape index (κ3) is 2.78. The van der Waals surface area contributed by atoms with Crippen molar-refractivity contribution >= 4 is 7.75 Å². The van der Waals surface area contributed by atoms with E-state index in [0.717, 1.165) is 0 Å². The predicted molar refractivity (Wildman–Crippen MR) is 51.5 cm³/mol. The Labute approximate surface area is 79.6 Å². The Kier molecular flexibility index (Phi) is 3.18. The minimum absolute atomic E-state index is 0.173. The van der Waals surface area contributed by atoms with Crippen LogP contribution in [0.3, 0.4) is 0 Å². The number of nitrogens with one attached hydrogen (secondary N) is 1. The van der Waals surface area contributed by atoms with Gasteiger partial charge < -0.3 is 4.52 Å². The lowest BCUT2D eigenvalue weighted by molar-refractivity contribution is 0.102. The van der Waals surface area contributed by atoms with Crippen molar-refractivity contribution in [2.75, 3.05) is 20.3 Å². The van der Waals surface area contributed by atoms with Crippen molar-refractivity contribution in [2.45, 2.75) is 20.8 Å². The highest BCUT2D eigenvalue weighted by atomic mass is 31.2. The molecule has 1 heterocycles. The topological polar surface area (TPSA) is 47.6 Å². The van der Waals surface area contributed by atoms with Gasteiger partial charge in [0.15, 0.2) is 0 Å². The van der Waals surface area contributed by atoms with Gasteiger partial charge in [0.05, 0.1) is 6.61 Å². The molecule has 5 heteroatoms. The molecule has 4 nitrogen and oxygen atoms in total. The summed E-state index contributed by atoms with van der Waals surface area (Å²) < 4.78 is 21.5. The molecule has 0 saturated carbocycles. The van der Waals surface area contributed by atoms with E-state index in [9.17, 15) is 4.57 Å². The molecule has 1 rings (SSSR count). The lowest BCUT2D eigenvalue weighted by atomic mass is 9.81. The molecule has 13 heavy (non-hydrogen) atoms. The zero-order chi connectivity index (χ0) is 10.1. The van der Waals surface area contributed by atoms with Gasteiger partial charge in [-0.05, 0) is 5.41 Å². The van der Waals surface area contributed by atoms with Crippen molar-refractivity contribution < 1.29 is 13.6 Å². The number of rotatable bonds is 1. The maximum atomic E-state index is 11.5. The maximum absolute atomic E-state index is 11.5. The monoisotopic (exact) mass is 207 g/mol. The molecule has 1 aliphatic heterocycles. The minimum Gasteiger partial charge on any atom is -0.300 e. The molecule has 1 saturated heterocycles. The Bertz CT molecular complexity index is 212. The van der Waals surface area contributed by atoms with Gasteiger partial charge in [0.2, 0.25) is 0 Å². The normalized spacial score (nSPS) is 36.2. The molecule has 0 bridgehead atoms. The summed E-state index contributed by atoms with van der Waals surface area (Å²) in [4.78, 5) is 0. The molecular weight excluding hydrogens is 189 g/mol. The fourth-order valence-electron chi connectivity index (χ4n) is 1.19. The van der Waals surface area contributed by atoms with Crippen molar-refractivity contribution in [3.8, 4) is 0 Å². The van der Waals surface area contributed by atoms with Gasteiger partial charge in [-0.1, -0.05) is 20.8 Å². The summed E-state index contributed by atoms with van der Waals surface area (Å²) in [6.07, 6.45) is 0. The molecule has 0 amide bonds. The molecule has 0 unspecified atom stereocenters. The number of hydrogen-bond acceptors (Lipinski definition) is 3. The molecule has 0 spiro atoms. The van der Waals surface area contributed by atoms with Crippen LogP contribution in [-0.4, -0.2) is 20.3 Å². The summed E-state index contributed by atoms with van der Waals surface area (Å²) in [5.41, 5.74) is 0.173. The molecule has 0 radical (unpaired) electrons. The van der Waals surface area contributed by atoms with Crippen molar-refractivity contribution in [2.24, 2.45) is 11.3 Å². The molecule has 0 aliphatic carbocycles. The van der Waals surface area contributed by atoms with Gasteiger partial charge in [-0.15, -0.1) is 0 Å². The van der Waals surface area contributed by atoms with Gasteiger partial charge in [0.25, 0.3) is 0 Å². The van der Waals surface area contributed by atoms with Crippen LogP contribution in [0.1, 0.15) is 20.8 Å². The van der Waals surface area contributed by atoms with Crippen LogP contribution in [0, 0.1) is 11.3 Å². The van der Waals surface area contributed by atoms with Gasteiger partial charge in [0.1, 0.15) is 0 Å². The average molecular weight is 207 g/mol. The Balaban J connectivity index is 2.53. The molecule has 0 aromatic carbocycles. The smallest absolute Gasteiger partial charge is 0.300 e. The van der Waals surface area contributed by atoms with E-state index in [4.69, 9.17) is 9.05 Å². The van der Waals surface area contributed by atoms with E-state index in [0.29, 0.717) is 19.1 Å². The van der Waals surface area contributed by atoms with Gasteiger partial charge in [-0.2, -0.15) is 0 Å². The van der Waals surface area contributed by atoms with E-state index in [1.54, 1.807) is 0 Å². The summed E-state index contributed by atoms with van der Waals surface area (Å²) in [6.45, 7) is 7.62. The Hall–Kier alpha value is 0.110. The van der Waals surface area contributed by atoms with E-state index in [-0.39, 0.29) is 5.41 Å². The van der Waals surface area contributed by atoms with Crippen molar-refractivity contribution in [3.63, 3.8) is 0 Å². The Morgan fingerprint density at radius 3 is 2.46 bits per heavy atom. The Morgan fingerprint density at radius 2 is 2.15 bits per heavy atom. The third-order valence-corrected chi connectivity index (χ3v) is 3.98. The second-order valence-electron chi connectivity index (χ2n) is 4.40. The van der Waals surface area contributed by atoms with Gasteiger partial charge >= 0.3 is 7.75 Å². The quantitative estimate of drug-likeness (QED) is 0.668. The first-order chi connectivity index (χ1) is 5.87. The lowest BCUT2D eigenvalue weighted by Crippen LogP contribution is -2.38. The van der Waals surface area contributed by atoms with Crippen molar-refractivity contribution in [3.05, 3.63) is 0 Å². The summed E-state index contributed by atoms with van der Waals surface area (Å²) in [5, 5.41) is 2.81. The molecule has 0 aromatic rings. The van der Waals surface area contributed by atoms with Crippen molar-refractivity contribution in [1.29, 1.82) is 0 Å². The van der Waals surface area contributed by atoms with E-state index in [1.165, 1.54) is 7.11 Å². The standard InChI is InChI=1S/C8H18NO3P/c1-8(2,3)7-5-9-13(10,11-4)12-6-7/h7H,5-6H2,1-4H3,(H,9,10)/t7-,13+/m1/s1. The van der Waals surface area contributed by atoms with E-state index in [1.807, 2.05) is 0 Å². The van der Waals surface area contributed by atoms with Crippen LogP contribution < -0.4 is 5.09 Å². The second-order valence-corrected chi connectivity index (χ2v) is 6.34. The average Bonchev–Trinajstić information content (AvgIpc) is 2.04. The predicted octanol–water partition coefficient (Wildman–Crippen LogP) is 2.02. The molecule has 2 atom stereocenters. The minimum atomic E-state index is -2.95. The fourth-order valence-corrected chi connectivity index (χ4v) is 2.33. The molecule has 0 aromatic heterocycles. The highest BCUT2D eigenvalue weighted by molar-refractivity contribution is 7.51. The molecular formula is C8H18NO3P. The van der Waals surface area contributed by atoms with Crippen LogP contribution in [0.15, 0.2) is 0 Å². The SMILES string of the molecule is CO[P@@]1(=O)NC[C@@H](C(C)(C)C)CO1. The molecule has 1 N–H and O–H groups in total. The highest BCUT2D eigenvalue weighted by Crippen LogP contribution is 2.47.